The molecule has 0 bridgehead atoms. The molecule has 2 aromatic heterocycles. The molecule has 1 aliphatic heterocycles. The predicted octanol–water partition coefficient (Wildman–Crippen LogP) is 5.30. The number of aryl methyl sites for hydroxylation is 1. The fraction of sp³-hybridized carbons (Fsp3) is 0.381. The summed E-state index contributed by atoms with van der Waals surface area (Å²) in [5.41, 5.74) is 0.713. The average Bonchev–Trinajstić information content (AvgIpc) is 2.72. The number of nitrogens with one attached hydrogen (secondary N) is 1. The Hall–Kier alpha value is -2.26. The molecule has 1 aliphatic rings. The molecule has 1 N–H and O–H groups in total. The summed E-state index contributed by atoms with van der Waals surface area (Å²) in [6.07, 6.45) is -1.39. The second-order valence-corrected chi connectivity index (χ2v) is 9.51. The van der Waals surface area contributed by atoms with E-state index >= 15 is 0 Å². The van der Waals surface area contributed by atoms with E-state index in [4.69, 9.17) is 11.6 Å². The van der Waals surface area contributed by atoms with E-state index in [0.717, 1.165) is 24.5 Å². The molecule has 1 aromatic carbocycles. The Kier molecular flexibility index (Phi) is 6.43. The van der Waals surface area contributed by atoms with Crippen LogP contribution >= 0.6 is 11.6 Å². The summed E-state index contributed by atoms with van der Waals surface area (Å²) in [6.45, 7) is 1.67. The highest BCUT2D eigenvalue weighted by Gasteiger charge is 2.24. The normalized spacial score (nSPS) is 19.2. The number of alkyl halides is 2. The maximum atomic E-state index is 14.4. The molecule has 0 saturated carbocycles. The van der Waals surface area contributed by atoms with Gasteiger partial charge >= 0.3 is 0 Å². The molecule has 1 fully saturated rings. The Morgan fingerprint density at radius 3 is 2.68 bits per heavy atom. The number of benzene rings is 1. The van der Waals surface area contributed by atoms with Crippen LogP contribution in [-0.2, 0) is 17.3 Å². The van der Waals surface area contributed by atoms with E-state index in [9.17, 15) is 17.4 Å². The summed E-state index contributed by atoms with van der Waals surface area (Å²) in [7, 11) is -0.797. The molecule has 5 nitrogen and oxygen atoms in total. The van der Waals surface area contributed by atoms with Crippen molar-refractivity contribution in [2.75, 3.05) is 16.8 Å². The highest BCUT2D eigenvalue weighted by Crippen LogP contribution is 2.35. The van der Waals surface area contributed by atoms with Crippen LogP contribution in [0.5, 0.6) is 0 Å². The van der Waals surface area contributed by atoms with Crippen molar-refractivity contribution in [1.82, 2.24) is 15.0 Å². The number of rotatable bonds is 5. The molecule has 164 valence electrons. The first-order chi connectivity index (χ1) is 14.8. The van der Waals surface area contributed by atoms with E-state index in [1.54, 1.807) is 6.92 Å². The summed E-state index contributed by atoms with van der Waals surface area (Å²) < 4.78 is 52.1. The molecule has 0 atom stereocenters. The van der Waals surface area contributed by atoms with Crippen molar-refractivity contribution < 1.29 is 17.4 Å². The smallest absolute Gasteiger partial charge is 0.266 e. The van der Waals surface area contributed by atoms with Crippen LogP contribution in [0.3, 0.4) is 0 Å². The van der Waals surface area contributed by atoms with Crippen LogP contribution < -0.4 is 5.32 Å². The van der Waals surface area contributed by atoms with Crippen molar-refractivity contribution in [2.45, 2.75) is 38.7 Å². The van der Waals surface area contributed by atoms with Crippen molar-refractivity contribution in [2.24, 2.45) is 0 Å². The third-order valence-corrected chi connectivity index (χ3v) is 7.08. The molecule has 4 rings (SSSR count). The number of anilines is 1. The Balaban J connectivity index is 1.68. The first-order valence-electron chi connectivity index (χ1n) is 9.82. The van der Waals surface area contributed by atoms with Gasteiger partial charge in [-0.3, -0.25) is 4.21 Å². The molecule has 31 heavy (non-hydrogen) atoms. The molecule has 0 unspecified atom stereocenters. The van der Waals surface area contributed by atoms with E-state index in [-0.39, 0.29) is 18.0 Å². The number of pyridine rings is 1. The fourth-order valence-corrected chi connectivity index (χ4v) is 5.35. The minimum Gasteiger partial charge on any atom is -0.365 e. The first kappa shape index (κ1) is 22.0. The molecular formula is C21H20ClF3N4OS. The number of fused-ring (bicyclic) bond motifs is 1. The van der Waals surface area contributed by atoms with Crippen LogP contribution in [0, 0.1) is 12.7 Å². The van der Waals surface area contributed by atoms with Gasteiger partial charge < -0.3 is 5.32 Å². The standard InChI is InChI=1S/C21H20ClF3N4OS/c1-11-27-20(26-10-13-3-2-4-14(17(13)23)19(24)25)16-9-15(18(22)29-21(16)28-11)12-5-7-31(30)8-6-12/h2-4,9,12,19H,5-8,10H2,1H3,(H,26,27,28,29). The quantitative estimate of drug-likeness (QED) is 0.514. The Bertz CT molecular complexity index is 1150. The monoisotopic (exact) mass is 468 g/mol. The molecular weight excluding hydrogens is 449 g/mol. The van der Waals surface area contributed by atoms with Gasteiger partial charge in [0.2, 0.25) is 0 Å². The molecule has 3 aromatic rings. The predicted molar refractivity (Wildman–Crippen MR) is 116 cm³/mol. The maximum absolute atomic E-state index is 14.4. The molecule has 0 amide bonds. The third kappa shape index (κ3) is 4.67. The second-order valence-electron chi connectivity index (χ2n) is 7.46. The highest BCUT2D eigenvalue weighted by molar-refractivity contribution is 7.85. The van der Waals surface area contributed by atoms with Gasteiger partial charge in [-0.15, -0.1) is 0 Å². The summed E-state index contributed by atoms with van der Waals surface area (Å²) >= 11 is 6.43. The van der Waals surface area contributed by atoms with E-state index < -0.39 is 28.6 Å². The molecule has 0 aliphatic carbocycles. The fourth-order valence-electron chi connectivity index (χ4n) is 3.77. The van der Waals surface area contributed by atoms with E-state index in [1.165, 1.54) is 12.1 Å². The number of aromatic nitrogens is 3. The lowest BCUT2D eigenvalue weighted by Crippen LogP contribution is -2.17. The van der Waals surface area contributed by atoms with Crippen LogP contribution in [0.15, 0.2) is 24.3 Å². The minimum atomic E-state index is -2.89. The topological polar surface area (TPSA) is 67.8 Å². The first-order valence-corrected chi connectivity index (χ1v) is 11.7. The highest BCUT2D eigenvalue weighted by atomic mass is 35.5. The van der Waals surface area contributed by atoms with Gasteiger partial charge in [0.15, 0.2) is 5.65 Å². The zero-order valence-electron chi connectivity index (χ0n) is 16.7. The molecule has 3 heterocycles. The van der Waals surface area contributed by atoms with Crippen LogP contribution in [0.2, 0.25) is 5.15 Å². The lowest BCUT2D eigenvalue weighted by atomic mass is 9.94. The minimum absolute atomic E-state index is 0.0294. The van der Waals surface area contributed by atoms with Gasteiger partial charge in [-0.1, -0.05) is 29.8 Å². The van der Waals surface area contributed by atoms with Gasteiger partial charge in [0, 0.05) is 34.4 Å². The number of halogens is 4. The van der Waals surface area contributed by atoms with Gasteiger partial charge in [0.05, 0.1) is 10.9 Å². The molecule has 1 saturated heterocycles. The average molecular weight is 469 g/mol. The van der Waals surface area contributed by atoms with E-state index in [0.29, 0.717) is 39.3 Å². The van der Waals surface area contributed by atoms with Crippen molar-refractivity contribution in [3.63, 3.8) is 0 Å². The van der Waals surface area contributed by atoms with Gasteiger partial charge in [-0.2, -0.15) is 0 Å². The van der Waals surface area contributed by atoms with Gasteiger partial charge in [-0.05, 0) is 37.3 Å². The van der Waals surface area contributed by atoms with Crippen molar-refractivity contribution in [3.05, 3.63) is 57.8 Å². The lowest BCUT2D eigenvalue weighted by molar-refractivity contribution is 0.146. The summed E-state index contributed by atoms with van der Waals surface area (Å²) in [4.78, 5) is 13.2. The molecule has 10 heteroatoms. The Labute approximate surface area is 184 Å². The SMILES string of the molecule is Cc1nc(NCc2cccc(C(F)F)c2F)c2cc(C3CCS(=O)CC3)c(Cl)nc2n1. The largest absolute Gasteiger partial charge is 0.365 e. The third-order valence-electron chi connectivity index (χ3n) is 5.40. The van der Waals surface area contributed by atoms with E-state index in [1.807, 2.05) is 6.07 Å². The molecule has 0 spiro atoms. The van der Waals surface area contributed by atoms with Crippen LogP contribution in [-0.4, -0.2) is 30.7 Å². The van der Waals surface area contributed by atoms with Crippen molar-refractivity contribution >= 4 is 39.3 Å². The Morgan fingerprint density at radius 2 is 1.97 bits per heavy atom. The van der Waals surface area contributed by atoms with E-state index in [2.05, 4.69) is 20.3 Å². The van der Waals surface area contributed by atoms with Gasteiger partial charge in [-0.25, -0.2) is 28.1 Å². The number of nitrogens with zero attached hydrogens (tertiary/aromatic N) is 3. The Morgan fingerprint density at radius 1 is 1.23 bits per heavy atom. The zero-order valence-corrected chi connectivity index (χ0v) is 18.2. The van der Waals surface area contributed by atoms with Crippen LogP contribution in [0.1, 0.15) is 47.7 Å². The number of hydrogen-bond donors (Lipinski definition) is 1. The maximum Gasteiger partial charge on any atom is 0.266 e. The second kappa shape index (κ2) is 9.08. The summed E-state index contributed by atoms with van der Waals surface area (Å²) in [5, 5.41) is 4.01. The molecule has 0 radical (unpaired) electrons. The number of hydrogen-bond acceptors (Lipinski definition) is 5. The van der Waals surface area contributed by atoms with Crippen LogP contribution in [0.25, 0.3) is 11.0 Å². The van der Waals surface area contributed by atoms with Crippen LogP contribution in [0.4, 0.5) is 19.0 Å². The summed E-state index contributed by atoms with van der Waals surface area (Å²) in [5.74, 6) is 1.31. The zero-order chi connectivity index (χ0) is 22.1. The van der Waals surface area contributed by atoms with Gasteiger partial charge in [0.1, 0.15) is 22.6 Å². The summed E-state index contributed by atoms with van der Waals surface area (Å²) in [6, 6.07) is 5.80. The van der Waals surface area contributed by atoms with Gasteiger partial charge in [0.25, 0.3) is 6.43 Å². The van der Waals surface area contributed by atoms with Crippen molar-refractivity contribution in [1.29, 1.82) is 0 Å². The van der Waals surface area contributed by atoms with Crippen molar-refractivity contribution in [3.8, 4) is 0 Å². The lowest BCUT2D eigenvalue weighted by Gasteiger charge is -2.23.